The molecular formula is C20H23NO5S. The number of carboxylic acids is 1. The van der Waals surface area contributed by atoms with E-state index < -0.39 is 27.8 Å². The second-order valence-electron chi connectivity index (χ2n) is 6.35. The normalized spacial score (nSPS) is 12.4. The highest BCUT2D eigenvalue weighted by Gasteiger charge is 2.24. The molecule has 144 valence electrons. The summed E-state index contributed by atoms with van der Waals surface area (Å²) in [5.74, 6) is -1.58. The third-order valence-electron chi connectivity index (χ3n) is 4.54. The SMILES string of the molecule is CCS(=O)(=O)c1ccc(CC(=O)NC(C(=O)O)c2cccc(C)c2C)cc1. The average molecular weight is 389 g/mol. The number of carboxylic acid groups (broad SMARTS) is 1. The summed E-state index contributed by atoms with van der Waals surface area (Å²) < 4.78 is 23.7. The molecule has 27 heavy (non-hydrogen) atoms. The molecule has 0 aromatic heterocycles. The molecule has 1 amide bonds. The lowest BCUT2D eigenvalue weighted by molar-refractivity contribution is -0.142. The Hall–Kier alpha value is -2.67. The van der Waals surface area contributed by atoms with E-state index in [0.29, 0.717) is 11.1 Å². The van der Waals surface area contributed by atoms with Gasteiger partial charge in [-0.25, -0.2) is 13.2 Å². The molecule has 0 aliphatic heterocycles. The Bertz CT molecular complexity index is 949. The number of hydrogen-bond acceptors (Lipinski definition) is 4. The number of rotatable bonds is 7. The van der Waals surface area contributed by atoms with Crippen LogP contribution in [0.25, 0.3) is 0 Å². The maximum absolute atomic E-state index is 12.3. The van der Waals surface area contributed by atoms with E-state index in [1.807, 2.05) is 19.9 Å². The van der Waals surface area contributed by atoms with Crippen molar-refractivity contribution >= 4 is 21.7 Å². The Balaban J connectivity index is 2.15. The van der Waals surface area contributed by atoms with Gasteiger partial charge in [-0.15, -0.1) is 0 Å². The molecule has 6 nitrogen and oxygen atoms in total. The zero-order valence-electron chi connectivity index (χ0n) is 15.5. The predicted octanol–water partition coefficient (Wildman–Crippen LogP) is 2.58. The third-order valence-corrected chi connectivity index (χ3v) is 6.29. The third kappa shape index (κ3) is 4.95. The number of nitrogens with one attached hydrogen (secondary N) is 1. The summed E-state index contributed by atoms with van der Waals surface area (Å²) in [4.78, 5) is 24.2. The molecule has 1 atom stereocenters. The molecule has 0 saturated heterocycles. The molecule has 2 N–H and O–H groups in total. The number of hydrogen-bond donors (Lipinski definition) is 2. The van der Waals surface area contributed by atoms with E-state index in [4.69, 9.17) is 0 Å². The first-order chi connectivity index (χ1) is 12.7. The molecule has 0 aliphatic carbocycles. The monoisotopic (exact) mass is 389 g/mol. The minimum atomic E-state index is -3.30. The summed E-state index contributed by atoms with van der Waals surface area (Å²) in [6, 6.07) is 10.2. The maximum Gasteiger partial charge on any atom is 0.330 e. The van der Waals surface area contributed by atoms with Gasteiger partial charge in [-0.2, -0.15) is 0 Å². The maximum atomic E-state index is 12.3. The topological polar surface area (TPSA) is 101 Å². The highest BCUT2D eigenvalue weighted by Crippen LogP contribution is 2.21. The van der Waals surface area contributed by atoms with Gasteiger partial charge in [0.05, 0.1) is 17.1 Å². The van der Waals surface area contributed by atoms with Crippen molar-refractivity contribution in [3.8, 4) is 0 Å². The second kappa shape index (κ2) is 8.35. The molecule has 0 radical (unpaired) electrons. The molecule has 0 aliphatic rings. The van der Waals surface area contributed by atoms with Crippen molar-refractivity contribution in [1.82, 2.24) is 5.32 Å². The number of sulfone groups is 1. The second-order valence-corrected chi connectivity index (χ2v) is 8.63. The molecule has 0 spiro atoms. The van der Waals surface area contributed by atoms with E-state index in [2.05, 4.69) is 5.32 Å². The summed E-state index contributed by atoms with van der Waals surface area (Å²) in [6.45, 7) is 5.27. The molecule has 0 fully saturated rings. The molecule has 2 rings (SSSR count). The largest absolute Gasteiger partial charge is 0.479 e. The van der Waals surface area contributed by atoms with Crippen LogP contribution in [-0.2, 0) is 25.8 Å². The molecule has 7 heteroatoms. The Labute approximate surface area is 159 Å². The van der Waals surface area contributed by atoms with Gasteiger partial charge < -0.3 is 10.4 Å². The van der Waals surface area contributed by atoms with Crippen LogP contribution in [0.1, 0.15) is 35.2 Å². The van der Waals surface area contributed by atoms with Gasteiger partial charge in [-0.3, -0.25) is 4.79 Å². The fourth-order valence-corrected chi connectivity index (χ4v) is 3.62. The lowest BCUT2D eigenvalue weighted by atomic mass is 9.97. The fraction of sp³-hybridized carbons (Fsp3) is 0.300. The van der Waals surface area contributed by atoms with E-state index in [1.165, 1.54) is 12.1 Å². The van der Waals surface area contributed by atoms with Crippen molar-refractivity contribution in [2.75, 3.05) is 5.75 Å². The Kier molecular flexibility index (Phi) is 6.38. The predicted molar refractivity (Wildman–Crippen MR) is 102 cm³/mol. The molecular weight excluding hydrogens is 366 g/mol. The van der Waals surface area contributed by atoms with Gasteiger partial charge in [0.1, 0.15) is 0 Å². The van der Waals surface area contributed by atoms with Crippen molar-refractivity contribution in [1.29, 1.82) is 0 Å². The van der Waals surface area contributed by atoms with Gasteiger partial charge in [0.25, 0.3) is 0 Å². The summed E-state index contributed by atoms with van der Waals surface area (Å²) in [5.41, 5.74) is 2.91. The van der Waals surface area contributed by atoms with Gasteiger partial charge in [0.2, 0.25) is 5.91 Å². The summed E-state index contributed by atoms with van der Waals surface area (Å²) >= 11 is 0. The highest BCUT2D eigenvalue weighted by molar-refractivity contribution is 7.91. The zero-order valence-corrected chi connectivity index (χ0v) is 16.3. The van der Waals surface area contributed by atoms with Gasteiger partial charge in [0.15, 0.2) is 15.9 Å². The first kappa shape index (κ1) is 20.6. The van der Waals surface area contributed by atoms with E-state index in [-0.39, 0.29) is 17.1 Å². The van der Waals surface area contributed by atoms with E-state index in [0.717, 1.165) is 11.1 Å². The van der Waals surface area contributed by atoms with Crippen LogP contribution in [0, 0.1) is 13.8 Å². The van der Waals surface area contributed by atoms with E-state index >= 15 is 0 Å². The van der Waals surface area contributed by atoms with Crippen molar-refractivity contribution in [2.24, 2.45) is 0 Å². The molecule has 0 heterocycles. The lowest BCUT2D eigenvalue weighted by Crippen LogP contribution is -2.35. The van der Waals surface area contributed by atoms with Crippen molar-refractivity contribution in [2.45, 2.75) is 38.1 Å². The average Bonchev–Trinajstić information content (AvgIpc) is 2.62. The smallest absolute Gasteiger partial charge is 0.330 e. The quantitative estimate of drug-likeness (QED) is 0.758. The van der Waals surface area contributed by atoms with Crippen LogP contribution in [-0.4, -0.2) is 31.2 Å². The van der Waals surface area contributed by atoms with E-state index in [9.17, 15) is 23.1 Å². The van der Waals surface area contributed by atoms with Gasteiger partial charge in [-0.05, 0) is 48.2 Å². The number of benzene rings is 2. The number of carbonyl (C=O) groups excluding carboxylic acids is 1. The van der Waals surface area contributed by atoms with Crippen LogP contribution < -0.4 is 5.32 Å². The molecule has 2 aromatic rings. The van der Waals surface area contributed by atoms with Gasteiger partial charge in [0, 0.05) is 0 Å². The first-order valence-electron chi connectivity index (χ1n) is 8.55. The summed E-state index contributed by atoms with van der Waals surface area (Å²) in [5, 5.41) is 12.1. The molecule has 1 unspecified atom stereocenters. The summed E-state index contributed by atoms with van der Waals surface area (Å²) in [7, 11) is -3.30. The zero-order chi connectivity index (χ0) is 20.2. The van der Waals surface area contributed by atoms with Crippen molar-refractivity contribution in [3.05, 3.63) is 64.7 Å². The first-order valence-corrected chi connectivity index (χ1v) is 10.2. The Morgan fingerprint density at radius 2 is 1.70 bits per heavy atom. The number of aliphatic carboxylic acids is 1. The fourth-order valence-electron chi connectivity index (χ4n) is 2.74. The highest BCUT2D eigenvalue weighted by atomic mass is 32.2. The van der Waals surface area contributed by atoms with Crippen LogP contribution in [0.3, 0.4) is 0 Å². The summed E-state index contributed by atoms with van der Waals surface area (Å²) in [6.07, 6.45) is -0.0406. The Morgan fingerprint density at radius 1 is 1.07 bits per heavy atom. The van der Waals surface area contributed by atoms with Crippen LogP contribution >= 0.6 is 0 Å². The minimum absolute atomic E-state index is 0.00294. The van der Waals surface area contributed by atoms with Crippen molar-refractivity contribution < 1.29 is 23.1 Å². The van der Waals surface area contributed by atoms with Gasteiger partial charge >= 0.3 is 5.97 Å². The molecule has 0 saturated carbocycles. The standard InChI is InChI=1S/C20H23NO5S/c1-4-27(25,26)16-10-8-15(9-11-16)12-18(22)21-19(20(23)24)17-7-5-6-13(2)14(17)3/h5-11,19H,4,12H2,1-3H3,(H,21,22)(H,23,24). The van der Waals surface area contributed by atoms with Crippen LogP contribution in [0.4, 0.5) is 0 Å². The van der Waals surface area contributed by atoms with Crippen LogP contribution in [0.2, 0.25) is 0 Å². The number of aryl methyl sites for hydroxylation is 1. The van der Waals surface area contributed by atoms with Crippen LogP contribution in [0.15, 0.2) is 47.4 Å². The lowest BCUT2D eigenvalue weighted by Gasteiger charge is -2.18. The Morgan fingerprint density at radius 3 is 2.26 bits per heavy atom. The van der Waals surface area contributed by atoms with E-state index in [1.54, 1.807) is 31.2 Å². The molecule has 0 bridgehead atoms. The number of carbonyl (C=O) groups is 2. The molecule has 2 aromatic carbocycles. The number of amides is 1. The van der Waals surface area contributed by atoms with Gasteiger partial charge in [-0.1, -0.05) is 37.3 Å². The van der Waals surface area contributed by atoms with Crippen molar-refractivity contribution in [3.63, 3.8) is 0 Å². The van der Waals surface area contributed by atoms with Crippen LogP contribution in [0.5, 0.6) is 0 Å². The minimum Gasteiger partial charge on any atom is -0.479 e.